The van der Waals surface area contributed by atoms with Crippen molar-refractivity contribution in [3.8, 4) is 0 Å². The Hall–Kier alpha value is -2.24. The summed E-state index contributed by atoms with van der Waals surface area (Å²) in [6, 6.07) is 5.65. The Bertz CT molecular complexity index is 494. The first kappa shape index (κ1) is 11.3. The number of amides is 1. The minimum absolute atomic E-state index is 0.0869. The monoisotopic (exact) mass is 231 g/mol. The Morgan fingerprint density at radius 1 is 1.47 bits per heavy atom. The van der Waals surface area contributed by atoms with Gasteiger partial charge in [-0.25, -0.2) is 0 Å². The molecule has 0 bridgehead atoms. The molecule has 6 heteroatoms. The van der Waals surface area contributed by atoms with E-state index in [1.165, 1.54) is 11.0 Å². The maximum Gasteiger partial charge on any atom is 0.226 e. The van der Waals surface area contributed by atoms with Crippen molar-refractivity contribution in [1.82, 2.24) is 20.0 Å². The van der Waals surface area contributed by atoms with E-state index in [1.54, 1.807) is 13.2 Å². The van der Waals surface area contributed by atoms with Crippen molar-refractivity contribution in [2.75, 3.05) is 5.32 Å². The van der Waals surface area contributed by atoms with Crippen LogP contribution in [0.1, 0.15) is 12.1 Å². The van der Waals surface area contributed by atoms with E-state index in [0.717, 1.165) is 5.69 Å². The highest BCUT2D eigenvalue weighted by Crippen LogP contribution is 2.02. The second-order valence-corrected chi connectivity index (χ2v) is 3.59. The summed E-state index contributed by atoms with van der Waals surface area (Å²) in [6.45, 7) is 0. The van der Waals surface area contributed by atoms with E-state index in [0.29, 0.717) is 18.7 Å². The van der Waals surface area contributed by atoms with Crippen molar-refractivity contribution in [2.24, 2.45) is 7.05 Å². The van der Waals surface area contributed by atoms with Gasteiger partial charge in [0.15, 0.2) is 5.82 Å². The molecule has 0 saturated heterocycles. The Balaban J connectivity index is 1.82. The normalized spacial score (nSPS) is 10.2. The van der Waals surface area contributed by atoms with E-state index < -0.39 is 0 Å². The fourth-order valence-corrected chi connectivity index (χ4v) is 1.40. The van der Waals surface area contributed by atoms with Crippen LogP contribution in [0.15, 0.2) is 30.6 Å². The fourth-order valence-electron chi connectivity index (χ4n) is 1.40. The molecule has 0 aromatic carbocycles. The first-order valence-electron chi connectivity index (χ1n) is 5.30. The number of hydrogen-bond donors (Lipinski definition) is 1. The molecule has 0 aliphatic carbocycles. The summed E-state index contributed by atoms with van der Waals surface area (Å²) < 4.78 is 0. The number of aryl methyl sites for hydroxylation is 2. The van der Waals surface area contributed by atoms with Crippen molar-refractivity contribution < 1.29 is 4.79 Å². The smallest absolute Gasteiger partial charge is 0.226 e. The number of rotatable bonds is 4. The standard InChI is InChI=1S/C11H13N5O/c1-16-13-8-10(15-16)14-11(17)6-5-9-4-2-3-7-12-9/h2-4,7-8H,5-6H2,1H3,(H,14,15,17). The summed E-state index contributed by atoms with van der Waals surface area (Å²) >= 11 is 0. The van der Waals surface area contributed by atoms with Gasteiger partial charge in [-0.1, -0.05) is 6.07 Å². The first-order chi connectivity index (χ1) is 8.24. The Labute approximate surface area is 98.7 Å². The second kappa shape index (κ2) is 5.20. The first-order valence-corrected chi connectivity index (χ1v) is 5.30. The quantitative estimate of drug-likeness (QED) is 0.844. The molecule has 2 rings (SSSR count). The number of carbonyl (C=O) groups excluding carboxylic acids is 1. The Morgan fingerprint density at radius 2 is 2.35 bits per heavy atom. The van der Waals surface area contributed by atoms with Gasteiger partial charge in [0.25, 0.3) is 0 Å². The van der Waals surface area contributed by atoms with Crippen LogP contribution in [0, 0.1) is 0 Å². The zero-order valence-corrected chi connectivity index (χ0v) is 9.50. The lowest BCUT2D eigenvalue weighted by atomic mass is 10.2. The lowest BCUT2D eigenvalue weighted by molar-refractivity contribution is -0.116. The molecule has 1 amide bonds. The highest BCUT2D eigenvalue weighted by molar-refractivity contribution is 5.89. The molecule has 17 heavy (non-hydrogen) atoms. The number of aromatic nitrogens is 4. The van der Waals surface area contributed by atoms with Gasteiger partial charge in [-0.3, -0.25) is 9.78 Å². The van der Waals surface area contributed by atoms with E-state index in [2.05, 4.69) is 20.5 Å². The molecule has 0 fully saturated rings. The highest BCUT2D eigenvalue weighted by atomic mass is 16.1. The van der Waals surface area contributed by atoms with E-state index in [4.69, 9.17) is 0 Å². The van der Waals surface area contributed by atoms with E-state index in [1.807, 2.05) is 18.2 Å². The minimum Gasteiger partial charge on any atom is -0.308 e. The third-order valence-electron chi connectivity index (χ3n) is 2.20. The third-order valence-corrected chi connectivity index (χ3v) is 2.20. The van der Waals surface area contributed by atoms with Crippen LogP contribution < -0.4 is 5.32 Å². The topological polar surface area (TPSA) is 72.7 Å². The predicted octanol–water partition coefficient (Wildman–Crippen LogP) is 0.781. The van der Waals surface area contributed by atoms with Crippen LogP contribution in [0.4, 0.5) is 5.82 Å². The molecular formula is C11H13N5O. The molecule has 0 atom stereocenters. The SMILES string of the molecule is Cn1ncc(NC(=O)CCc2ccccn2)n1. The molecular weight excluding hydrogens is 218 g/mol. The van der Waals surface area contributed by atoms with Gasteiger partial charge in [-0.05, 0) is 18.6 Å². The third kappa shape index (κ3) is 3.37. The second-order valence-electron chi connectivity index (χ2n) is 3.59. The van der Waals surface area contributed by atoms with Crippen molar-refractivity contribution >= 4 is 11.7 Å². The van der Waals surface area contributed by atoms with Gasteiger partial charge in [-0.2, -0.15) is 9.90 Å². The minimum atomic E-state index is -0.0869. The van der Waals surface area contributed by atoms with Gasteiger partial charge in [0.2, 0.25) is 5.91 Å². The Morgan fingerprint density at radius 3 is 3.00 bits per heavy atom. The van der Waals surface area contributed by atoms with Crippen LogP contribution in [-0.2, 0) is 18.3 Å². The zero-order valence-electron chi connectivity index (χ0n) is 9.50. The number of hydrogen-bond acceptors (Lipinski definition) is 4. The van der Waals surface area contributed by atoms with Crippen molar-refractivity contribution in [1.29, 1.82) is 0 Å². The van der Waals surface area contributed by atoms with Crippen LogP contribution in [0.2, 0.25) is 0 Å². The molecule has 0 spiro atoms. The summed E-state index contributed by atoms with van der Waals surface area (Å²) in [4.78, 5) is 17.1. The zero-order chi connectivity index (χ0) is 12.1. The summed E-state index contributed by atoms with van der Waals surface area (Å²) in [5.41, 5.74) is 0.904. The highest BCUT2D eigenvalue weighted by Gasteiger charge is 2.05. The summed E-state index contributed by atoms with van der Waals surface area (Å²) in [7, 11) is 1.70. The number of nitrogens with zero attached hydrogens (tertiary/aromatic N) is 4. The van der Waals surface area contributed by atoms with E-state index >= 15 is 0 Å². The average Bonchev–Trinajstić information content (AvgIpc) is 2.73. The van der Waals surface area contributed by atoms with E-state index in [9.17, 15) is 4.79 Å². The summed E-state index contributed by atoms with van der Waals surface area (Å²) in [5, 5.41) is 10.5. The average molecular weight is 231 g/mol. The van der Waals surface area contributed by atoms with E-state index in [-0.39, 0.29) is 5.91 Å². The number of nitrogens with one attached hydrogen (secondary N) is 1. The van der Waals surface area contributed by atoms with Gasteiger partial charge in [-0.15, -0.1) is 5.10 Å². The molecule has 0 aliphatic heterocycles. The van der Waals surface area contributed by atoms with Crippen LogP contribution >= 0.6 is 0 Å². The molecule has 2 aromatic rings. The lowest BCUT2D eigenvalue weighted by Crippen LogP contribution is -2.13. The van der Waals surface area contributed by atoms with Crippen LogP contribution in [0.3, 0.4) is 0 Å². The summed E-state index contributed by atoms with van der Waals surface area (Å²) in [6.07, 6.45) is 4.23. The van der Waals surface area contributed by atoms with Gasteiger partial charge in [0, 0.05) is 25.4 Å². The molecule has 2 heterocycles. The fraction of sp³-hybridized carbons (Fsp3) is 0.273. The van der Waals surface area contributed by atoms with Gasteiger partial charge < -0.3 is 5.32 Å². The van der Waals surface area contributed by atoms with Gasteiger partial charge >= 0.3 is 0 Å². The molecule has 1 N–H and O–H groups in total. The molecule has 0 unspecified atom stereocenters. The molecule has 0 saturated carbocycles. The molecule has 88 valence electrons. The van der Waals surface area contributed by atoms with Gasteiger partial charge in [0.05, 0.1) is 6.20 Å². The number of anilines is 1. The molecule has 0 aliphatic rings. The molecule has 0 radical (unpaired) electrons. The molecule has 6 nitrogen and oxygen atoms in total. The molecule has 2 aromatic heterocycles. The maximum absolute atomic E-state index is 11.6. The Kier molecular flexibility index (Phi) is 3.44. The van der Waals surface area contributed by atoms with Crippen LogP contribution in [-0.4, -0.2) is 25.9 Å². The number of pyridine rings is 1. The van der Waals surface area contributed by atoms with Gasteiger partial charge in [0.1, 0.15) is 0 Å². The summed E-state index contributed by atoms with van der Waals surface area (Å²) in [5.74, 6) is 0.384. The maximum atomic E-state index is 11.6. The largest absolute Gasteiger partial charge is 0.308 e. The van der Waals surface area contributed by atoms with Crippen molar-refractivity contribution in [3.05, 3.63) is 36.3 Å². The predicted molar refractivity (Wildman–Crippen MR) is 62.2 cm³/mol. The lowest BCUT2D eigenvalue weighted by Gasteiger charge is -2.01. The van der Waals surface area contributed by atoms with Crippen LogP contribution in [0.5, 0.6) is 0 Å². The van der Waals surface area contributed by atoms with Crippen LogP contribution in [0.25, 0.3) is 0 Å². The van der Waals surface area contributed by atoms with Crippen molar-refractivity contribution in [3.63, 3.8) is 0 Å². The number of carbonyl (C=O) groups is 1. The van der Waals surface area contributed by atoms with Crippen molar-refractivity contribution in [2.45, 2.75) is 12.8 Å².